The molecule has 0 saturated heterocycles. The molecule has 3 aromatic rings. The maximum Gasteiger partial charge on any atom is 0.137 e. The molecule has 3 heteroatoms. The van der Waals surface area contributed by atoms with Crippen LogP contribution in [0.4, 0.5) is 5.69 Å². The summed E-state index contributed by atoms with van der Waals surface area (Å²) in [5.74, 6) is 1.11. The Kier molecular flexibility index (Phi) is 5.85. The predicted molar refractivity (Wildman–Crippen MR) is 117 cm³/mol. The summed E-state index contributed by atoms with van der Waals surface area (Å²) in [4.78, 5) is 17.1. The number of carbonyl (C=O) groups excluding carboxylic acids is 1. The van der Waals surface area contributed by atoms with E-state index in [2.05, 4.69) is 53.5 Å². The zero-order valence-electron chi connectivity index (χ0n) is 16.7. The quantitative estimate of drug-likeness (QED) is 0.515. The Morgan fingerprint density at radius 2 is 1.66 bits per heavy atom. The predicted octanol–water partition coefficient (Wildman–Crippen LogP) is 5.51. The zero-order chi connectivity index (χ0) is 20.1. The van der Waals surface area contributed by atoms with Gasteiger partial charge in [0.15, 0.2) is 0 Å². The summed E-state index contributed by atoms with van der Waals surface area (Å²) in [6.07, 6.45) is 3.48. The number of ether oxygens (including phenoxy) is 1. The second-order valence-electron chi connectivity index (χ2n) is 7.54. The number of nitrogens with zero attached hydrogens (tertiary/aromatic N) is 1. The van der Waals surface area contributed by atoms with Crippen molar-refractivity contribution in [2.75, 3.05) is 7.11 Å². The average Bonchev–Trinajstić information content (AvgIpc) is 3.16. The molecule has 0 N–H and O–H groups in total. The first-order chi connectivity index (χ1) is 14.2. The SMILES string of the molecule is COc1ccc2c(c1)CC(CCC(=O)Cc1ccc(Cc3ccccc3)cc1)=N2. The maximum absolute atomic E-state index is 12.4. The monoisotopic (exact) mass is 383 g/mol. The molecule has 3 aromatic carbocycles. The summed E-state index contributed by atoms with van der Waals surface area (Å²) < 4.78 is 5.28. The van der Waals surface area contributed by atoms with Gasteiger partial charge in [-0.25, -0.2) is 0 Å². The van der Waals surface area contributed by atoms with Crippen molar-refractivity contribution in [1.29, 1.82) is 0 Å². The molecule has 0 fully saturated rings. The van der Waals surface area contributed by atoms with Crippen molar-refractivity contribution in [3.63, 3.8) is 0 Å². The number of aliphatic imine (C=N–C) groups is 1. The number of ketones is 1. The van der Waals surface area contributed by atoms with Crippen LogP contribution in [-0.4, -0.2) is 18.6 Å². The molecule has 3 nitrogen and oxygen atoms in total. The van der Waals surface area contributed by atoms with E-state index in [1.54, 1.807) is 7.11 Å². The molecule has 0 spiro atoms. The molecule has 146 valence electrons. The van der Waals surface area contributed by atoms with Gasteiger partial charge in [0.2, 0.25) is 0 Å². The van der Waals surface area contributed by atoms with Crippen LogP contribution in [0.3, 0.4) is 0 Å². The van der Waals surface area contributed by atoms with E-state index in [1.165, 1.54) is 16.7 Å². The van der Waals surface area contributed by atoms with Gasteiger partial charge in [-0.05, 0) is 53.3 Å². The third kappa shape index (κ3) is 5.00. The number of methoxy groups -OCH3 is 1. The van der Waals surface area contributed by atoms with Crippen LogP contribution in [0.5, 0.6) is 5.75 Å². The molecule has 1 aliphatic rings. The first-order valence-electron chi connectivity index (χ1n) is 10.1. The summed E-state index contributed by atoms with van der Waals surface area (Å²) in [7, 11) is 1.67. The van der Waals surface area contributed by atoms with Gasteiger partial charge in [-0.15, -0.1) is 0 Å². The average molecular weight is 383 g/mol. The highest BCUT2D eigenvalue weighted by Gasteiger charge is 2.16. The fourth-order valence-corrected chi connectivity index (χ4v) is 3.72. The molecule has 29 heavy (non-hydrogen) atoms. The fourth-order valence-electron chi connectivity index (χ4n) is 3.72. The maximum atomic E-state index is 12.4. The minimum absolute atomic E-state index is 0.261. The van der Waals surface area contributed by atoms with Gasteiger partial charge < -0.3 is 4.74 Å². The lowest BCUT2D eigenvalue weighted by Gasteiger charge is -2.05. The lowest BCUT2D eigenvalue weighted by Crippen LogP contribution is -2.07. The molecule has 4 rings (SSSR count). The number of carbonyl (C=O) groups is 1. The van der Waals surface area contributed by atoms with Crippen LogP contribution in [0.15, 0.2) is 77.8 Å². The molecule has 0 atom stereocenters. The Morgan fingerprint density at radius 3 is 2.41 bits per heavy atom. The van der Waals surface area contributed by atoms with E-state index >= 15 is 0 Å². The minimum Gasteiger partial charge on any atom is -0.497 e. The first-order valence-corrected chi connectivity index (χ1v) is 10.1. The van der Waals surface area contributed by atoms with Crippen LogP contribution < -0.4 is 4.74 Å². The number of benzene rings is 3. The second-order valence-corrected chi connectivity index (χ2v) is 7.54. The Hall–Kier alpha value is -3.20. The standard InChI is InChI=1S/C26H25NO2/c1-29-25-13-14-26-22(18-25)17-23(27-26)11-12-24(28)16-21-9-7-20(8-10-21)15-19-5-3-2-4-6-19/h2-10,13-14,18H,11-12,15-17H2,1H3. The molecular weight excluding hydrogens is 358 g/mol. The number of hydrogen-bond acceptors (Lipinski definition) is 3. The number of Topliss-reactive ketones (excluding diaryl/α,β-unsaturated/α-hetero) is 1. The minimum atomic E-state index is 0.261. The molecular formula is C26H25NO2. The largest absolute Gasteiger partial charge is 0.497 e. The van der Waals surface area contributed by atoms with Crippen molar-refractivity contribution in [3.05, 3.63) is 95.1 Å². The van der Waals surface area contributed by atoms with Gasteiger partial charge in [0, 0.05) is 25.0 Å². The van der Waals surface area contributed by atoms with E-state index in [9.17, 15) is 4.79 Å². The lowest BCUT2D eigenvalue weighted by atomic mass is 9.99. The van der Waals surface area contributed by atoms with Crippen LogP contribution in [0, 0.1) is 0 Å². The highest BCUT2D eigenvalue weighted by atomic mass is 16.5. The lowest BCUT2D eigenvalue weighted by molar-refractivity contribution is -0.118. The van der Waals surface area contributed by atoms with Gasteiger partial charge in [-0.3, -0.25) is 9.79 Å². The van der Waals surface area contributed by atoms with Crippen LogP contribution in [0.25, 0.3) is 0 Å². The van der Waals surface area contributed by atoms with E-state index in [-0.39, 0.29) is 5.78 Å². The third-order valence-corrected chi connectivity index (χ3v) is 5.33. The Bertz CT molecular complexity index is 1020. The van der Waals surface area contributed by atoms with E-state index in [0.717, 1.165) is 42.0 Å². The normalized spacial score (nSPS) is 12.4. The van der Waals surface area contributed by atoms with E-state index in [4.69, 9.17) is 4.74 Å². The van der Waals surface area contributed by atoms with Crippen molar-refractivity contribution >= 4 is 17.2 Å². The van der Waals surface area contributed by atoms with Crippen molar-refractivity contribution in [1.82, 2.24) is 0 Å². The van der Waals surface area contributed by atoms with Crippen molar-refractivity contribution < 1.29 is 9.53 Å². The van der Waals surface area contributed by atoms with Gasteiger partial charge in [0.1, 0.15) is 11.5 Å². The van der Waals surface area contributed by atoms with Crippen LogP contribution in [-0.2, 0) is 24.1 Å². The second kappa shape index (κ2) is 8.87. The smallest absolute Gasteiger partial charge is 0.137 e. The van der Waals surface area contributed by atoms with Crippen LogP contribution >= 0.6 is 0 Å². The molecule has 1 heterocycles. The Morgan fingerprint density at radius 1 is 0.931 bits per heavy atom. The third-order valence-electron chi connectivity index (χ3n) is 5.33. The summed E-state index contributed by atoms with van der Waals surface area (Å²) in [6, 6.07) is 24.8. The van der Waals surface area contributed by atoms with Crippen molar-refractivity contribution in [3.8, 4) is 5.75 Å². The summed E-state index contributed by atoms with van der Waals surface area (Å²) in [6.45, 7) is 0. The Labute approximate surface area is 172 Å². The summed E-state index contributed by atoms with van der Waals surface area (Å²) in [5.41, 5.74) is 6.91. The van der Waals surface area contributed by atoms with E-state index in [0.29, 0.717) is 12.8 Å². The molecule has 0 unspecified atom stereocenters. The summed E-state index contributed by atoms with van der Waals surface area (Å²) in [5, 5.41) is 0. The van der Waals surface area contributed by atoms with Crippen molar-refractivity contribution in [2.24, 2.45) is 4.99 Å². The van der Waals surface area contributed by atoms with Gasteiger partial charge in [0.05, 0.1) is 12.8 Å². The number of rotatable bonds is 8. The number of fused-ring (bicyclic) bond motifs is 1. The highest BCUT2D eigenvalue weighted by molar-refractivity contribution is 5.96. The van der Waals surface area contributed by atoms with E-state index < -0.39 is 0 Å². The van der Waals surface area contributed by atoms with Crippen molar-refractivity contribution in [2.45, 2.75) is 32.1 Å². The first kappa shape index (κ1) is 19.1. The summed E-state index contributed by atoms with van der Waals surface area (Å²) >= 11 is 0. The molecule has 0 saturated carbocycles. The molecule has 1 aliphatic heterocycles. The molecule has 0 amide bonds. The molecule has 0 radical (unpaired) electrons. The molecule has 0 aromatic heterocycles. The highest BCUT2D eigenvalue weighted by Crippen LogP contribution is 2.31. The fraction of sp³-hybridized carbons (Fsp3) is 0.231. The van der Waals surface area contributed by atoms with Gasteiger partial charge >= 0.3 is 0 Å². The van der Waals surface area contributed by atoms with Gasteiger partial charge in [-0.1, -0.05) is 54.6 Å². The van der Waals surface area contributed by atoms with Crippen LogP contribution in [0.2, 0.25) is 0 Å². The van der Waals surface area contributed by atoms with Gasteiger partial charge in [-0.2, -0.15) is 0 Å². The molecule has 0 aliphatic carbocycles. The topological polar surface area (TPSA) is 38.7 Å². The van der Waals surface area contributed by atoms with E-state index in [1.807, 2.05) is 24.3 Å². The Balaban J connectivity index is 1.27. The zero-order valence-corrected chi connectivity index (χ0v) is 16.7. The van der Waals surface area contributed by atoms with Gasteiger partial charge in [0.25, 0.3) is 0 Å². The number of hydrogen-bond donors (Lipinski definition) is 0. The van der Waals surface area contributed by atoms with Crippen LogP contribution in [0.1, 0.15) is 35.1 Å². The molecule has 0 bridgehead atoms.